The van der Waals surface area contributed by atoms with Gasteiger partial charge in [0.2, 0.25) is 0 Å². The fourth-order valence-electron chi connectivity index (χ4n) is 2.39. The summed E-state index contributed by atoms with van der Waals surface area (Å²) >= 11 is 6.00. The maximum atomic E-state index is 13.4. The van der Waals surface area contributed by atoms with Crippen LogP contribution < -0.4 is 5.32 Å². The highest BCUT2D eigenvalue weighted by molar-refractivity contribution is 6.30. The SMILES string of the molecule is Cc1cc(Cl)cc([C@H](CF)N2CCNCC2)c1O.Cl.Cl. The predicted octanol–water partition coefficient (Wildman–Crippen LogP) is 3.11. The van der Waals surface area contributed by atoms with Gasteiger partial charge in [-0.2, -0.15) is 0 Å². The summed E-state index contributed by atoms with van der Waals surface area (Å²) < 4.78 is 13.4. The number of phenolic OH excluding ortho intramolecular Hbond substituents is 1. The smallest absolute Gasteiger partial charge is 0.123 e. The van der Waals surface area contributed by atoms with Crippen molar-refractivity contribution in [2.24, 2.45) is 0 Å². The summed E-state index contributed by atoms with van der Waals surface area (Å²) in [6, 6.07) is 2.94. The Hall–Kier alpha value is -0.260. The molecular weight excluding hydrogens is 326 g/mol. The van der Waals surface area contributed by atoms with Gasteiger partial charge < -0.3 is 10.4 Å². The molecule has 1 saturated heterocycles. The molecule has 1 aromatic rings. The number of alkyl halides is 1. The lowest BCUT2D eigenvalue weighted by Gasteiger charge is -2.34. The number of hydrogen-bond donors (Lipinski definition) is 2. The van der Waals surface area contributed by atoms with Crippen LogP contribution in [0, 0.1) is 6.92 Å². The molecule has 1 aliphatic rings. The molecule has 1 fully saturated rings. The largest absolute Gasteiger partial charge is 0.507 e. The standard InChI is InChI=1S/C13H18ClFN2O.2ClH/c1-9-6-10(14)7-11(13(9)18)12(8-15)17-4-2-16-3-5-17;;/h6-7,12,16,18H,2-5,8H2,1H3;2*1H/t12-;;/m0../s1. The van der Waals surface area contributed by atoms with Crippen LogP contribution in [0.2, 0.25) is 5.02 Å². The summed E-state index contributed by atoms with van der Waals surface area (Å²) in [4.78, 5) is 2.04. The Balaban J connectivity index is 0.00000180. The molecule has 1 aromatic carbocycles. The van der Waals surface area contributed by atoms with Crippen molar-refractivity contribution in [1.29, 1.82) is 0 Å². The summed E-state index contributed by atoms with van der Waals surface area (Å²) in [6.07, 6.45) is 0. The fourth-order valence-corrected chi connectivity index (χ4v) is 2.67. The van der Waals surface area contributed by atoms with E-state index in [2.05, 4.69) is 5.32 Å². The second-order valence-electron chi connectivity index (χ2n) is 4.62. The van der Waals surface area contributed by atoms with Gasteiger partial charge in [-0.1, -0.05) is 11.6 Å². The van der Waals surface area contributed by atoms with E-state index in [1.165, 1.54) is 0 Å². The number of aryl methyl sites for hydroxylation is 1. The zero-order valence-corrected chi connectivity index (χ0v) is 13.6. The summed E-state index contributed by atoms with van der Waals surface area (Å²) in [6.45, 7) is 4.50. The molecule has 116 valence electrons. The van der Waals surface area contributed by atoms with Crippen molar-refractivity contribution in [3.8, 4) is 5.75 Å². The van der Waals surface area contributed by atoms with Gasteiger partial charge in [0, 0.05) is 36.8 Å². The van der Waals surface area contributed by atoms with Crippen molar-refractivity contribution < 1.29 is 9.50 Å². The van der Waals surface area contributed by atoms with Gasteiger partial charge in [0.25, 0.3) is 0 Å². The zero-order chi connectivity index (χ0) is 13.1. The molecule has 7 heteroatoms. The Morgan fingerprint density at radius 3 is 2.50 bits per heavy atom. The molecule has 1 aliphatic heterocycles. The van der Waals surface area contributed by atoms with Crippen LogP contribution in [0.1, 0.15) is 17.2 Å². The Morgan fingerprint density at radius 1 is 1.35 bits per heavy atom. The van der Waals surface area contributed by atoms with E-state index >= 15 is 0 Å². The Kier molecular flexibility index (Phi) is 8.79. The number of nitrogens with one attached hydrogen (secondary N) is 1. The average molecular weight is 346 g/mol. The molecule has 0 bridgehead atoms. The number of hydrogen-bond acceptors (Lipinski definition) is 3. The van der Waals surface area contributed by atoms with Gasteiger partial charge in [-0.25, -0.2) is 4.39 Å². The molecule has 0 amide bonds. The van der Waals surface area contributed by atoms with Crippen molar-refractivity contribution in [2.75, 3.05) is 32.9 Å². The maximum absolute atomic E-state index is 13.4. The highest BCUT2D eigenvalue weighted by Crippen LogP contribution is 2.34. The van der Waals surface area contributed by atoms with Crippen LogP contribution in [-0.4, -0.2) is 42.9 Å². The van der Waals surface area contributed by atoms with E-state index < -0.39 is 12.7 Å². The van der Waals surface area contributed by atoms with E-state index in [1.807, 2.05) is 4.90 Å². The molecule has 0 aromatic heterocycles. The van der Waals surface area contributed by atoms with E-state index in [4.69, 9.17) is 11.6 Å². The van der Waals surface area contributed by atoms with E-state index in [9.17, 15) is 9.50 Å². The Morgan fingerprint density at radius 2 is 1.95 bits per heavy atom. The van der Waals surface area contributed by atoms with Crippen LogP contribution in [0.4, 0.5) is 4.39 Å². The fraction of sp³-hybridized carbons (Fsp3) is 0.538. The number of phenols is 1. The first-order chi connectivity index (χ1) is 8.63. The topological polar surface area (TPSA) is 35.5 Å². The minimum atomic E-state index is -0.520. The van der Waals surface area contributed by atoms with Gasteiger partial charge in [-0.3, -0.25) is 4.90 Å². The molecule has 0 aliphatic carbocycles. The van der Waals surface area contributed by atoms with Gasteiger partial charge in [-0.15, -0.1) is 24.8 Å². The number of nitrogens with zero attached hydrogens (tertiary/aromatic N) is 1. The molecule has 2 N–H and O–H groups in total. The average Bonchev–Trinajstić information content (AvgIpc) is 2.37. The molecule has 0 saturated carbocycles. The molecular formula is C13H20Cl3FN2O. The molecule has 1 atom stereocenters. The van der Waals surface area contributed by atoms with Crippen molar-refractivity contribution in [3.05, 3.63) is 28.3 Å². The molecule has 1 heterocycles. The van der Waals surface area contributed by atoms with Crippen LogP contribution in [0.15, 0.2) is 12.1 Å². The lowest BCUT2D eigenvalue weighted by molar-refractivity contribution is 0.145. The molecule has 0 radical (unpaired) electrons. The Bertz CT molecular complexity index is 428. The summed E-state index contributed by atoms with van der Waals surface area (Å²) in [7, 11) is 0. The van der Waals surface area contributed by atoms with Gasteiger partial charge in [0.15, 0.2) is 0 Å². The highest BCUT2D eigenvalue weighted by atomic mass is 35.5. The minimum absolute atomic E-state index is 0. The highest BCUT2D eigenvalue weighted by Gasteiger charge is 2.25. The summed E-state index contributed by atoms with van der Waals surface area (Å²) in [5.41, 5.74) is 1.27. The van der Waals surface area contributed by atoms with Crippen LogP contribution >= 0.6 is 36.4 Å². The molecule has 0 unspecified atom stereocenters. The van der Waals surface area contributed by atoms with Crippen LogP contribution in [0.5, 0.6) is 5.75 Å². The van der Waals surface area contributed by atoms with Gasteiger partial charge in [0.05, 0.1) is 6.04 Å². The van der Waals surface area contributed by atoms with E-state index in [0.29, 0.717) is 16.1 Å². The van der Waals surface area contributed by atoms with Crippen LogP contribution in [0.3, 0.4) is 0 Å². The number of piperazine rings is 1. The number of aromatic hydroxyl groups is 1. The third kappa shape index (κ3) is 4.37. The van der Waals surface area contributed by atoms with E-state index in [1.54, 1.807) is 19.1 Å². The molecule has 3 nitrogen and oxygen atoms in total. The van der Waals surface area contributed by atoms with Gasteiger partial charge in [0.1, 0.15) is 12.4 Å². The zero-order valence-electron chi connectivity index (χ0n) is 11.2. The van der Waals surface area contributed by atoms with E-state index in [-0.39, 0.29) is 30.6 Å². The lowest BCUT2D eigenvalue weighted by atomic mass is 10.0. The maximum Gasteiger partial charge on any atom is 0.123 e. The van der Waals surface area contributed by atoms with Crippen molar-refractivity contribution in [3.63, 3.8) is 0 Å². The van der Waals surface area contributed by atoms with Crippen molar-refractivity contribution in [1.82, 2.24) is 10.2 Å². The third-order valence-electron chi connectivity index (χ3n) is 3.39. The first-order valence-corrected chi connectivity index (χ1v) is 6.51. The minimum Gasteiger partial charge on any atom is -0.507 e. The third-order valence-corrected chi connectivity index (χ3v) is 3.61. The van der Waals surface area contributed by atoms with Gasteiger partial charge >= 0.3 is 0 Å². The first-order valence-electron chi connectivity index (χ1n) is 6.13. The predicted molar refractivity (Wildman–Crippen MR) is 85.5 cm³/mol. The number of halogens is 4. The monoisotopic (exact) mass is 344 g/mol. The van der Waals surface area contributed by atoms with Gasteiger partial charge in [-0.05, 0) is 24.6 Å². The lowest BCUT2D eigenvalue weighted by Crippen LogP contribution is -2.45. The summed E-state index contributed by atoms with van der Waals surface area (Å²) in [5.74, 6) is 0.153. The van der Waals surface area contributed by atoms with E-state index in [0.717, 1.165) is 26.2 Å². The van der Waals surface area contributed by atoms with Crippen molar-refractivity contribution in [2.45, 2.75) is 13.0 Å². The number of rotatable bonds is 3. The van der Waals surface area contributed by atoms with Crippen LogP contribution in [-0.2, 0) is 0 Å². The second-order valence-corrected chi connectivity index (χ2v) is 5.05. The summed E-state index contributed by atoms with van der Waals surface area (Å²) in [5, 5.41) is 13.9. The quantitative estimate of drug-likeness (QED) is 0.883. The molecule has 2 rings (SSSR count). The first kappa shape index (κ1) is 19.7. The second kappa shape index (κ2) is 8.90. The van der Waals surface area contributed by atoms with Crippen molar-refractivity contribution >= 4 is 36.4 Å². The number of benzene rings is 1. The molecule has 0 spiro atoms. The van der Waals surface area contributed by atoms with Crippen LogP contribution in [0.25, 0.3) is 0 Å². The Labute approximate surface area is 136 Å². The normalized spacial score (nSPS) is 16.9. The molecule has 20 heavy (non-hydrogen) atoms.